The molecule has 2 heterocycles. The van der Waals surface area contributed by atoms with Crippen LogP contribution in [0.3, 0.4) is 0 Å². The van der Waals surface area contributed by atoms with Gasteiger partial charge in [-0.1, -0.05) is 44.2 Å². The van der Waals surface area contributed by atoms with Crippen molar-refractivity contribution in [3.8, 4) is 11.1 Å². The number of aromatic nitrogens is 2. The van der Waals surface area contributed by atoms with E-state index < -0.39 is 0 Å². The second kappa shape index (κ2) is 4.87. The standard InChI is InChI=1S/C16H16N2OS/c1-9(2)14-17-15(19)13-12(10(3)20-16(13)18-14)11-7-5-4-6-8-11/h4-9H,1-3H3,(H,17,18,19). The lowest BCUT2D eigenvalue weighted by Crippen LogP contribution is -2.12. The molecule has 2 aromatic heterocycles. The first kappa shape index (κ1) is 13.1. The van der Waals surface area contributed by atoms with Crippen LogP contribution in [0.5, 0.6) is 0 Å². The van der Waals surface area contributed by atoms with Gasteiger partial charge >= 0.3 is 0 Å². The van der Waals surface area contributed by atoms with E-state index in [-0.39, 0.29) is 11.5 Å². The largest absolute Gasteiger partial charge is 0.310 e. The SMILES string of the molecule is Cc1sc2nc(C(C)C)[nH]c(=O)c2c1-c1ccccc1. The zero-order valence-electron chi connectivity index (χ0n) is 11.7. The average Bonchev–Trinajstić information content (AvgIpc) is 2.76. The zero-order chi connectivity index (χ0) is 14.3. The van der Waals surface area contributed by atoms with Gasteiger partial charge in [0.05, 0.1) is 5.39 Å². The fourth-order valence-electron chi connectivity index (χ4n) is 2.36. The summed E-state index contributed by atoms with van der Waals surface area (Å²) in [7, 11) is 0. The molecule has 0 saturated carbocycles. The van der Waals surface area contributed by atoms with Crippen molar-refractivity contribution in [3.63, 3.8) is 0 Å². The van der Waals surface area contributed by atoms with Crippen molar-refractivity contribution in [2.45, 2.75) is 26.7 Å². The van der Waals surface area contributed by atoms with Gasteiger partial charge in [0.2, 0.25) is 0 Å². The van der Waals surface area contributed by atoms with Crippen molar-refractivity contribution in [1.29, 1.82) is 0 Å². The Labute approximate surface area is 121 Å². The molecule has 0 saturated heterocycles. The van der Waals surface area contributed by atoms with Crippen LogP contribution in [0.1, 0.15) is 30.5 Å². The molecule has 1 aromatic carbocycles. The summed E-state index contributed by atoms with van der Waals surface area (Å²) < 4.78 is 0. The maximum atomic E-state index is 12.4. The molecule has 0 atom stereocenters. The first-order valence-electron chi connectivity index (χ1n) is 6.66. The molecular formula is C16H16N2OS. The fraction of sp³-hybridized carbons (Fsp3) is 0.250. The van der Waals surface area contributed by atoms with Crippen LogP contribution in [-0.4, -0.2) is 9.97 Å². The molecule has 3 aromatic rings. The molecule has 0 bridgehead atoms. The second-order valence-corrected chi connectivity index (χ2v) is 6.39. The van der Waals surface area contributed by atoms with Crippen LogP contribution in [0.4, 0.5) is 0 Å². The molecule has 0 aliphatic carbocycles. The van der Waals surface area contributed by atoms with Crippen LogP contribution in [-0.2, 0) is 0 Å². The Hall–Kier alpha value is -1.94. The van der Waals surface area contributed by atoms with E-state index in [2.05, 4.69) is 9.97 Å². The van der Waals surface area contributed by atoms with Gasteiger partial charge in [0.25, 0.3) is 5.56 Å². The molecule has 0 aliphatic heterocycles. The predicted octanol–water partition coefficient (Wildman–Crippen LogP) is 4.08. The number of fused-ring (bicyclic) bond motifs is 1. The van der Waals surface area contributed by atoms with Crippen molar-refractivity contribution in [2.24, 2.45) is 0 Å². The number of H-pyrrole nitrogens is 1. The Morgan fingerprint density at radius 2 is 1.90 bits per heavy atom. The van der Waals surface area contributed by atoms with E-state index in [0.717, 1.165) is 26.7 Å². The van der Waals surface area contributed by atoms with Crippen molar-refractivity contribution in [1.82, 2.24) is 9.97 Å². The smallest absolute Gasteiger partial charge is 0.260 e. The summed E-state index contributed by atoms with van der Waals surface area (Å²) >= 11 is 1.59. The first-order valence-corrected chi connectivity index (χ1v) is 7.48. The highest BCUT2D eigenvalue weighted by Gasteiger charge is 2.17. The van der Waals surface area contributed by atoms with Crippen LogP contribution in [0.15, 0.2) is 35.1 Å². The molecule has 102 valence electrons. The number of rotatable bonds is 2. The summed E-state index contributed by atoms with van der Waals surface area (Å²) in [6, 6.07) is 10.0. The molecule has 0 aliphatic rings. The second-order valence-electron chi connectivity index (χ2n) is 5.19. The Bertz CT molecular complexity index is 816. The van der Waals surface area contributed by atoms with Gasteiger partial charge in [-0.3, -0.25) is 4.79 Å². The lowest BCUT2D eigenvalue weighted by molar-refractivity contribution is 0.778. The van der Waals surface area contributed by atoms with Crippen LogP contribution in [0.25, 0.3) is 21.3 Å². The van der Waals surface area contributed by atoms with E-state index in [4.69, 9.17) is 0 Å². The Balaban J connectivity index is 2.35. The Morgan fingerprint density at radius 3 is 2.55 bits per heavy atom. The van der Waals surface area contributed by atoms with Crippen LogP contribution < -0.4 is 5.56 Å². The lowest BCUT2D eigenvalue weighted by atomic mass is 10.0. The number of benzene rings is 1. The average molecular weight is 284 g/mol. The predicted molar refractivity (Wildman–Crippen MR) is 84.5 cm³/mol. The lowest BCUT2D eigenvalue weighted by Gasteiger charge is -2.04. The van der Waals surface area contributed by atoms with E-state index in [1.807, 2.05) is 51.1 Å². The molecule has 0 radical (unpaired) electrons. The third kappa shape index (κ3) is 2.06. The minimum atomic E-state index is -0.0399. The number of hydrogen-bond donors (Lipinski definition) is 1. The third-order valence-electron chi connectivity index (χ3n) is 3.37. The van der Waals surface area contributed by atoms with Crippen molar-refractivity contribution >= 4 is 21.6 Å². The minimum Gasteiger partial charge on any atom is -0.310 e. The number of thiophene rings is 1. The molecule has 0 unspecified atom stereocenters. The van der Waals surface area contributed by atoms with Gasteiger partial charge in [0, 0.05) is 16.4 Å². The molecule has 4 heteroatoms. The van der Waals surface area contributed by atoms with Crippen molar-refractivity contribution < 1.29 is 0 Å². The van der Waals surface area contributed by atoms with Gasteiger partial charge in [-0.05, 0) is 12.5 Å². The highest BCUT2D eigenvalue weighted by molar-refractivity contribution is 7.19. The summed E-state index contributed by atoms with van der Waals surface area (Å²) in [6.45, 7) is 6.11. The quantitative estimate of drug-likeness (QED) is 0.770. The zero-order valence-corrected chi connectivity index (χ0v) is 12.5. The highest BCUT2D eigenvalue weighted by atomic mass is 32.1. The van der Waals surface area contributed by atoms with Crippen molar-refractivity contribution in [2.75, 3.05) is 0 Å². The molecule has 20 heavy (non-hydrogen) atoms. The summed E-state index contributed by atoms with van der Waals surface area (Å²) in [6.07, 6.45) is 0. The van der Waals surface area contributed by atoms with Crippen LogP contribution in [0, 0.1) is 6.92 Å². The fourth-order valence-corrected chi connectivity index (χ4v) is 3.41. The maximum absolute atomic E-state index is 12.4. The molecular weight excluding hydrogens is 268 g/mol. The molecule has 3 rings (SSSR count). The van der Waals surface area contributed by atoms with E-state index in [9.17, 15) is 4.79 Å². The monoisotopic (exact) mass is 284 g/mol. The van der Waals surface area contributed by atoms with Gasteiger partial charge < -0.3 is 4.98 Å². The topological polar surface area (TPSA) is 45.8 Å². The Kier molecular flexibility index (Phi) is 3.18. The molecule has 0 amide bonds. The Morgan fingerprint density at radius 1 is 1.20 bits per heavy atom. The number of aryl methyl sites for hydroxylation is 1. The van der Waals surface area contributed by atoms with E-state index in [1.54, 1.807) is 11.3 Å². The molecule has 3 nitrogen and oxygen atoms in total. The van der Waals surface area contributed by atoms with E-state index >= 15 is 0 Å². The van der Waals surface area contributed by atoms with Gasteiger partial charge in [-0.2, -0.15) is 0 Å². The van der Waals surface area contributed by atoms with Gasteiger partial charge in [-0.15, -0.1) is 11.3 Å². The number of nitrogens with zero attached hydrogens (tertiary/aromatic N) is 1. The highest BCUT2D eigenvalue weighted by Crippen LogP contribution is 2.35. The molecule has 0 fully saturated rings. The van der Waals surface area contributed by atoms with Crippen LogP contribution in [0.2, 0.25) is 0 Å². The number of nitrogens with one attached hydrogen (secondary N) is 1. The summed E-state index contributed by atoms with van der Waals surface area (Å²) in [5, 5.41) is 0.711. The summed E-state index contributed by atoms with van der Waals surface area (Å²) in [4.78, 5) is 21.9. The number of aromatic amines is 1. The van der Waals surface area contributed by atoms with Crippen molar-refractivity contribution in [3.05, 3.63) is 51.4 Å². The molecule has 1 N–H and O–H groups in total. The van der Waals surface area contributed by atoms with Gasteiger partial charge in [0.1, 0.15) is 10.7 Å². The first-order chi connectivity index (χ1) is 9.58. The van der Waals surface area contributed by atoms with E-state index in [0.29, 0.717) is 5.39 Å². The van der Waals surface area contributed by atoms with Gasteiger partial charge in [-0.25, -0.2) is 4.98 Å². The molecule has 0 spiro atoms. The minimum absolute atomic E-state index is 0.0399. The van der Waals surface area contributed by atoms with Gasteiger partial charge in [0.15, 0.2) is 0 Å². The van der Waals surface area contributed by atoms with Crippen LogP contribution >= 0.6 is 11.3 Å². The normalized spacial score (nSPS) is 11.4. The summed E-state index contributed by atoms with van der Waals surface area (Å²) in [5.41, 5.74) is 2.04. The maximum Gasteiger partial charge on any atom is 0.260 e. The summed E-state index contributed by atoms with van der Waals surface area (Å²) in [5.74, 6) is 0.970. The third-order valence-corrected chi connectivity index (χ3v) is 4.36. The number of hydrogen-bond acceptors (Lipinski definition) is 3. The van der Waals surface area contributed by atoms with E-state index in [1.165, 1.54) is 0 Å².